The number of anilines is 1. The van der Waals surface area contributed by atoms with E-state index >= 15 is 0 Å². The molecule has 2 atom stereocenters. The number of benzene rings is 1. The third-order valence-corrected chi connectivity index (χ3v) is 5.19. The third-order valence-electron chi connectivity index (χ3n) is 4.89. The van der Waals surface area contributed by atoms with E-state index in [4.69, 9.17) is 17.3 Å². The zero-order valence-corrected chi connectivity index (χ0v) is 15.7. The predicted octanol–water partition coefficient (Wildman–Crippen LogP) is 3.61. The van der Waals surface area contributed by atoms with Crippen LogP contribution in [0.15, 0.2) is 18.2 Å². The Bertz CT molecular complexity index is 627. The highest BCUT2D eigenvalue weighted by Gasteiger charge is 2.28. The van der Waals surface area contributed by atoms with Crippen LogP contribution in [0.5, 0.6) is 0 Å². The summed E-state index contributed by atoms with van der Waals surface area (Å²) in [6, 6.07) is 3.90. The van der Waals surface area contributed by atoms with Gasteiger partial charge in [0.15, 0.2) is 0 Å². The second-order valence-electron chi connectivity index (χ2n) is 6.85. The Balaban J connectivity index is 1.86. The highest BCUT2D eigenvalue weighted by molar-refractivity contribution is 6.39. The SMILES string of the molecule is NCCCCCC1CCCCC1NC(=O)C(=O)Nc1ccc(Cl)c(F)c1. The van der Waals surface area contributed by atoms with Gasteiger partial charge in [0, 0.05) is 11.7 Å². The van der Waals surface area contributed by atoms with Crippen LogP contribution in [0.2, 0.25) is 5.02 Å². The van der Waals surface area contributed by atoms with Crippen LogP contribution in [-0.4, -0.2) is 24.4 Å². The average Bonchev–Trinajstić information content (AvgIpc) is 2.63. The van der Waals surface area contributed by atoms with E-state index in [2.05, 4.69) is 10.6 Å². The Morgan fingerprint density at radius 2 is 1.92 bits per heavy atom. The summed E-state index contributed by atoms with van der Waals surface area (Å²) in [4.78, 5) is 24.3. The number of unbranched alkanes of at least 4 members (excludes halogenated alkanes) is 2. The predicted molar refractivity (Wildman–Crippen MR) is 101 cm³/mol. The van der Waals surface area contributed by atoms with Gasteiger partial charge in [0.05, 0.1) is 5.02 Å². The standard InChI is InChI=1S/C19H27ClFN3O2/c20-15-10-9-14(12-16(15)21)23-18(25)19(26)24-17-8-4-3-7-13(17)6-2-1-5-11-22/h9-10,12-13,17H,1-8,11,22H2,(H,23,25)(H,24,26). The van der Waals surface area contributed by atoms with Crippen LogP contribution < -0.4 is 16.4 Å². The lowest BCUT2D eigenvalue weighted by Gasteiger charge is -2.32. The molecule has 1 aromatic rings. The minimum atomic E-state index is -0.792. The molecule has 5 nitrogen and oxygen atoms in total. The van der Waals surface area contributed by atoms with Crippen molar-refractivity contribution < 1.29 is 14.0 Å². The van der Waals surface area contributed by atoms with Crippen molar-refractivity contribution in [3.8, 4) is 0 Å². The van der Waals surface area contributed by atoms with Gasteiger partial charge in [-0.1, -0.05) is 37.3 Å². The summed E-state index contributed by atoms with van der Waals surface area (Å²) in [5.41, 5.74) is 5.73. The van der Waals surface area contributed by atoms with Crippen molar-refractivity contribution in [1.82, 2.24) is 5.32 Å². The summed E-state index contributed by atoms with van der Waals surface area (Å²) in [7, 11) is 0. The molecule has 0 saturated heterocycles. The van der Waals surface area contributed by atoms with Crippen LogP contribution in [0.1, 0.15) is 51.4 Å². The van der Waals surface area contributed by atoms with E-state index < -0.39 is 17.6 Å². The van der Waals surface area contributed by atoms with Gasteiger partial charge in [0.2, 0.25) is 0 Å². The summed E-state index contributed by atoms with van der Waals surface area (Å²) in [5.74, 6) is -1.72. The first-order valence-corrected chi connectivity index (χ1v) is 9.66. The second-order valence-corrected chi connectivity index (χ2v) is 7.25. The Hall–Kier alpha value is -1.66. The maximum absolute atomic E-state index is 13.4. The van der Waals surface area contributed by atoms with Gasteiger partial charge >= 0.3 is 11.8 Å². The molecule has 7 heteroatoms. The molecule has 1 fully saturated rings. The minimum Gasteiger partial charge on any atom is -0.345 e. The molecule has 1 aliphatic rings. The third kappa shape index (κ3) is 6.25. The number of amides is 2. The molecule has 0 radical (unpaired) electrons. The molecule has 0 spiro atoms. The molecule has 2 unspecified atom stereocenters. The molecule has 0 heterocycles. The van der Waals surface area contributed by atoms with Crippen LogP contribution in [0, 0.1) is 11.7 Å². The molecule has 0 aliphatic heterocycles. The number of hydrogen-bond donors (Lipinski definition) is 3. The van der Waals surface area contributed by atoms with Crippen LogP contribution in [0.3, 0.4) is 0 Å². The number of carbonyl (C=O) groups is 2. The second kappa shape index (κ2) is 10.5. The first kappa shape index (κ1) is 20.6. The van der Waals surface area contributed by atoms with Crippen molar-refractivity contribution in [3.63, 3.8) is 0 Å². The van der Waals surface area contributed by atoms with E-state index in [-0.39, 0.29) is 16.8 Å². The maximum atomic E-state index is 13.4. The van der Waals surface area contributed by atoms with E-state index in [1.54, 1.807) is 0 Å². The largest absolute Gasteiger partial charge is 0.345 e. The van der Waals surface area contributed by atoms with Gasteiger partial charge in [-0.3, -0.25) is 9.59 Å². The van der Waals surface area contributed by atoms with Gasteiger partial charge in [-0.2, -0.15) is 0 Å². The molecule has 2 amide bonds. The molecular formula is C19H27ClFN3O2. The number of nitrogens with two attached hydrogens (primary N) is 1. The summed E-state index contributed by atoms with van der Waals surface area (Å²) in [6.45, 7) is 0.705. The lowest BCUT2D eigenvalue weighted by atomic mass is 9.81. The number of carbonyl (C=O) groups excluding carboxylic acids is 2. The normalized spacial score (nSPS) is 19.8. The zero-order chi connectivity index (χ0) is 18.9. The van der Waals surface area contributed by atoms with Gasteiger partial charge in [0.25, 0.3) is 0 Å². The van der Waals surface area contributed by atoms with Crippen molar-refractivity contribution in [2.75, 3.05) is 11.9 Å². The Morgan fingerprint density at radius 3 is 2.65 bits per heavy atom. The molecule has 1 saturated carbocycles. The van der Waals surface area contributed by atoms with Crippen molar-refractivity contribution in [3.05, 3.63) is 29.0 Å². The van der Waals surface area contributed by atoms with Crippen molar-refractivity contribution >= 4 is 29.1 Å². The first-order chi connectivity index (χ1) is 12.5. The summed E-state index contributed by atoms with van der Waals surface area (Å²) >= 11 is 5.61. The number of rotatable bonds is 7. The maximum Gasteiger partial charge on any atom is 0.313 e. The quantitative estimate of drug-likeness (QED) is 0.496. The molecule has 26 heavy (non-hydrogen) atoms. The van der Waals surface area contributed by atoms with Gasteiger partial charge in [0.1, 0.15) is 5.82 Å². The summed E-state index contributed by atoms with van der Waals surface area (Å²) < 4.78 is 13.4. The van der Waals surface area contributed by atoms with Crippen molar-refractivity contribution in [2.45, 2.75) is 57.4 Å². The molecule has 0 bridgehead atoms. The van der Waals surface area contributed by atoms with E-state index in [0.717, 1.165) is 57.4 Å². The highest BCUT2D eigenvalue weighted by atomic mass is 35.5. The number of nitrogens with one attached hydrogen (secondary N) is 2. The van der Waals surface area contributed by atoms with E-state index in [1.165, 1.54) is 12.1 Å². The van der Waals surface area contributed by atoms with Gasteiger partial charge in [-0.25, -0.2) is 4.39 Å². The Labute approximate surface area is 158 Å². The van der Waals surface area contributed by atoms with Crippen LogP contribution in [0.25, 0.3) is 0 Å². The zero-order valence-electron chi connectivity index (χ0n) is 14.9. The fourth-order valence-electron chi connectivity index (χ4n) is 3.47. The number of hydrogen-bond acceptors (Lipinski definition) is 3. The minimum absolute atomic E-state index is 0.0156. The highest BCUT2D eigenvalue weighted by Crippen LogP contribution is 2.28. The molecule has 0 aromatic heterocycles. The lowest BCUT2D eigenvalue weighted by Crippen LogP contribution is -2.46. The monoisotopic (exact) mass is 383 g/mol. The first-order valence-electron chi connectivity index (χ1n) is 9.28. The van der Waals surface area contributed by atoms with Crippen LogP contribution >= 0.6 is 11.6 Å². The fourth-order valence-corrected chi connectivity index (χ4v) is 3.58. The van der Waals surface area contributed by atoms with Crippen molar-refractivity contribution in [2.24, 2.45) is 11.7 Å². The van der Waals surface area contributed by atoms with Gasteiger partial charge in [-0.15, -0.1) is 0 Å². The van der Waals surface area contributed by atoms with Gasteiger partial charge < -0.3 is 16.4 Å². The van der Waals surface area contributed by atoms with Crippen molar-refractivity contribution in [1.29, 1.82) is 0 Å². The average molecular weight is 384 g/mol. The molecule has 144 valence electrons. The smallest absolute Gasteiger partial charge is 0.313 e. The molecule has 1 aromatic carbocycles. The van der Waals surface area contributed by atoms with E-state index in [1.807, 2.05) is 0 Å². The van der Waals surface area contributed by atoms with Crippen LogP contribution in [0.4, 0.5) is 10.1 Å². The summed E-state index contributed by atoms with van der Waals surface area (Å²) in [6.07, 6.45) is 8.39. The number of halogens is 2. The Morgan fingerprint density at radius 1 is 1.15 bits per heavy atom. The Kier molecular flexibility index (Phi) is 8.32. The molecule has 4 N–H and O–H groups in total. The van der Waals surface area contributed by atoms with E-state index in [9.17, 15) is 14.0 Å². The summed E-state index contributed by atoms with van der Waals surface area (Å²) in [5, 5.41) is 5.24. The van der Waals surface area contributed by atoms with E-state index in [0.29, 0.717) is 12.5 Å². The molecule has 2 rings (SSSR count). The van der Waals surface area contributed by atoms with Gasteiger partial charge in [-0.05, 0) is 56.3 Å². The van der Waals surface area contributed by atoms with Crippen LogP contribution in [-0.2, 0) is 9.59 Å². The topological polar surface area (TPSA) is 84.2 Å². The fraction of sp³-hybridized carbons (Fsp3) is 0.579. The lowest BCUT2D eigenvalue weighted by molar-refractivity contribution is -0.137. The molecular weight excluding hydrogens is 357 g/mol. The molecule has 1 aliphatic carbocycles.